The lowest BCUT2D eigenvalue weighted by molar-refractivity contribution is 0.193. The van der Waals surface area contributed by atoms with Crippen molar-refractivity contribution in [2.24, 2.45) is 5.73 Å². The molecule has 0 aliphatic heterocycles. The third kappa shape index (κ3) is 3.26. The Morgan fingerprint density at radius 1 is 1.58 bits per heavy atom. The highest BCUT2D eigenvalue weighted by molar-refractivity contribution is 5.64. The number of nitrogens with zero attached hydrogens (tertiary/aromatic N) is 2. The fourth-order valence-corrected chi connectivity index (χ4v) is 1.42. The summed E-state index contributed by atoms with van der Waals surface area (Å²) in [7, 11) is 0. The summed E-state index contributed by atoms with van der Waals surface area (Å²) in [5.41, 5.74) is 6.12. The highest BCUT2D eigenvalue weighted by Crippen LogP contribution is 2.18. The molecule has 2 rings (SSSR count). The van der Waals surface area contributed by atoms with Gasteiger partial charge in [0.05, 0.1) is 0 Å². The van der Waals surface area contributed by atoms with Gasteiger partial charge in [-0.2, -0.15) is 4.98 Å². The monoisotopic (exact) mass is 266 g/mol. The van der Waals surface area contributed by atoms with Crippen LogP contribution >= 0.6 is 0 Å². The van der Waals surface area contributed by atoms with E-state index < -0.39 is 18.0 Å². The van der Waals surface area contributed by atoms with E-state index in [4.69, 9.17) is 15.4 Å². The van der Waals surface area contributed by atoms with Gasteiger partial charge in [-0.3, -0.25) is 0 Å². The molecule has 7 nitrogen and oxygen atoms in total. The fourth-order valence-electron chi connectivity index (χ4n) is 1.42. The minimum Gasteiger partial charge on any atom is -0.465 e. The van der Waals surface area contributed by atoms with Gasteiger partial charge in [-0.1, -0.05) is 17.3 Å². The van der Waals surface area contributed by atoms with E-state index in [9.17, 15) is 9.18 Å². The first-order chi connectivity index (χ1) is 9.06. The molecule has 1 unspecified atom stereocenters. The van der Waals surface area contributed by atoms with Crippen molar-refractivity contribution in [3.05, 3.63) is 36.0 Å². The largest absolute Gasteiger partial charge is 0.465 e. The number of aromatic nitrogens is 2. The lowest BCUT2D eigenvalue weighted by Gasteiger charge is -2.05. The third-order valence-corrected chi connectivity index (χ3v) is 2.31. The number of rotatable bonds is 4. The van der Waals surface area contributed by atoms with E-state index in [1.54, 1.807) is 6.07 Å². The molecule has 0 saturated heterocycles. The Morgan fingerprint density at radius 3 is 3.05 bits per heavy atom. The van der Waals surface area contributed by atoms with E-state index in [1.165, 1.54) is 18.2 Å². The predicted molar refractivity (Wildman–Crippen MR) is 62.6 cm³/mol. The molecule has 1 heterocycles. The summed E-state index contributed by atoms with van der Waals surface area (Å²) in [5, 5.41) is 14.2. The highest BCUT2D eigenvalue weighted by Gasteiger charge is 2.16. The Bertz CT molecular complexity index is 587. The van der Waals surface area contributed by atoms with E-state index >= 15 is 0 Å². The fraction of sp³-hybridized carbons (Fsp3) is 0.182. The molecular formula is C11H11FN4O3. The summed E-state index contributed by atoms with van der Waals surface area (Å²) in [6.45, 7) is -0.0554. The second kappa shape index (κ2) is 5.44. The molecule has 19 heavy (non-hydrogen) atoms. The third-order valence-electron chi connectivity index (χ3n) is 2.31. The van der Waals surface area contributed by atoms with Crippen LogP contribution in [0.2, 0.25) is 0 Å². The van der Waals surface area contributed by atoms with Gasteiger partial charge >= 0.3 is 6.09 Å². The summed E-state index contributed by atoms with van der Waals surface area (Å²) in [4.78, 5) is 14.3. The van der Waals surface area contributed by atoms with Gasteiger partial charge in [0.15, 0.2) is 0 Å². The molecule has 0 spiro atoms. The van der Waals surface area contributed by atoms with Crippen molar-refractivity contribution in [1.29, 1.82) is 0 Å². The molecule has 1 aromatic carbocycles. The molecule has 0 fully saturated rings. The standard InChI is InChI=1S/C11H11FN4O3/c12-7-3-1-2-6(4-7)9-15-10(19-16-9)8(13)5-14-11(17)18/h1-4,8,14H,5,13H2,(H,17,18). The van der Waals surface area contributed by atoms with Crippen LogP contribution in [0.15, 0.2) is 28.8 Å². The minimum absolute atomic E-state index is 0.0554. The van der Waals surface area contributed by atoms with Crippen LogP contribution in [0.1, 0.15) is 11.9 Å². The summed E-state index contributed by atoms with van der Waals surface area (Å²) in [5.74, 6) is -0.144. The van der Waals surface area contributed by atoms with Crippen molar-refractivity contribution in [2.75, 3.05) is 6.54 Å². The molecule has 8 heteroatoms. The van der Waals surface area contributed by atoms with Gasteiger partial charge in [-0.15, -0.1) is 0 Å². The molecular weight excluding hydrogens is 255 g/mol. The quantitative estimate of drug-likeness (QED) is 0.764. The lowest BCUT2D eigenvalue weighted by Crippen LogP contribution is -2.30. The molecule has 0 aliphatic carbocycles. The SMILES string of the molecule is NC(CNC(=O)O)c1nc(-c2cccc(F)c2)no1. The van der Waals surface area contributed by atoms with Crippen LogP contribution in [-0.2, 0) is 0 Å². The number of carboxylic acid groups (broad SMARTS) is 1. The maximum absolute atomic E-state index is 13.0. The van der Waals surface area contributed by atoms with Crippen LogP contribution in [-0.4, -0.2) is 27.9 Å². The number of benzene rings is 1. The number of amides is 1. The van der Waals surface area contributed by atoms with Crippen LogP contribution in [0, 0.1) is 5.82 Å². The highest BCUT2D eigenvalue weighted by atomic mass is 19.1. The van der Waals surface area contributed by atoms with Gasteiger partial charge in [-0.05, 0) is 12.1 Å². The van der Waals surface area contributed by atoms with Gasteiger partial charge in [0.25, 0.3) is 0 Å². The zero-order chi connectivity index (χ0) is 13.8. The number of nitrogens with two attached hydrogens (primary N) is 1. The first-order valence-electron chi connectivity index (χ1n) is 5.38. The molecule has 0 radical (unpaired) electrons. The first-order valence-corrected chi connectivity index (χ1v) is 5.38. The van der Waals surface area contributed by atoms with Crippen LogP contribution < -0.4 is 11.1 Å². The second-order valence-electron chi connectivity index (χ2n) is 3.76. The van der Waals surface area contributed by atoms with Crippen molar-refractivity contribution in [3.63, 3.8) is 0 Å². The average molecular weight is 266 g/mol. The minimum atomic E-state index is -1.19. The predicted octanol–water partition coefficient (Wildman–Crippen LogP) is 1.14. The number of hydrogen-bond acceptors (Lipinski definition) is 5. The summed E-state index contributed by atoms with van der Waals surface area (Å²) in [6.07, 6.45) is -1.19. The Kier molecular flexibility index (Phi) is 3.71. The summed E-state index contributed by atoms with van der Waals surface area (Å²) >= 11 is 0. The maximum atomic E-state index is 13.0. The molecule has 4 N–H and O–H groups in total. The zero-order valence-electron chi connectivity index (χ0n) is 9.71. The van der Waals surface area contributed by atoms with E-state index in [0.29, 0.717) is 5.56 Å². The smallest absolute Gasteiger partial charge is 0.404 e. The first kappa shape index (κ1) is 13.0. The Morgan fingerprint density at radius 2 is 2.37 bits per heavy atom. The zero-order valence-corrected chi connectivity index (χ0v) is 9.71. The Hall–Kier alpha value is -2.48. The second-order valence-corrected chi connectivity index (χ2v) is 3.76. The molecule has 0 aliphatic rings. The van der Waals surface area contributed by atoms with Crippen molar-refractivity contribution >= 4 is 6.09 Å². The number of nitrogens with one attached hydrogen (secondary N) is 1. The van der Waals surface area contributed by atoms with Crippen LogP contribution in [0.25, 0.3) is 11.4 Å². The molecule has 0 saturated carbocycles. The van der Waals surface area contributed by atoms with E-state index in [2.05, 4.69) is 15.5 Å². The van der Waals surface area contributed by atoms with Gasteiger partial charge < -0.3 is 20.7 Å². The van der Waals surface area contributed by atoms with Gasteiger partial charge in [0.1, 0.15) is 11.9 Å². The Balaban J connectivity index is 2.12. The molecule has 1 amide bonds. The van der Waals surface area contributed by atoms with Gasteiger partial charge in [-0.25, -0.2) is 9.18 Å². The van der Waals surface area contributed by atoms with Crippen LogP contribution in [0.3, 0.4) is 0 Å². The molecule has 1 atom stereocenters. The molecule has 2 aromatic rings. The summed E-state index contributed by atoms with van der Waals surface area (Å²) in [6, 6.07) is 4.94. The van der Waals surface area contributed by atoms with E-state index in [0.717, 1.165) is 0 Å². The maximum Gasteiger partial charge on any atom is 0.404 e. The van der Waals surface area contributed by atoms with Crippen molar-refractivity contribution in [2.45, 2.75) is 6.04 Å². The lowest BCUT2D eigenvalue weighted by atomic mass is 10.2. The van der Waals surface area contributed by atoms with Crippen molar-refractivity contribution in [3.8, 4) is 11.4 Å². The normalized spacial score (nSPS) is 12.1. The number of hydrogen-bond donors (Lipinski definition) is 3. The van der Waals surface area contributed by atoms with Gasteiger partial charge in [0, 0.05) is 12.1 Å². The Labute approximate surface area is 107 Å². The van der Waals surface area contributed by atoms with Gasteiger partial charge in [0.2, 0.25) is 11.7 Å². The topological polar surface area (TPSA) is 114 Å². The number of halogens is 1. The van der Waals surface area contributed by atoms with Crippen molar-refractivity contribution < 1.29 is 18.8 Å². The summed E-state index contributed by atoms with van der Waals surface area (Å²) < 4.78 is 18.0. The van der Waals surface area contributed by atoms with E-state index in [1.807, 2.05) is 0 Å². The molecule has 0 bridgehead atoms. The average Bonchev–Trinajstić information content (AvgIpc) is 2.85. The molecule has 100 valence electrons. The van der Waals surface area contributed by atoms with Crippen LogP contribution in [0.5, 0.6) is 0 Å². The number of carbonyl (C=O) groups is 1. The van der Waals surface area contributed by atoms with Crippen LogP contribution in [0.4, 0.5) is 9.18 Å². The van der Waals surface area contributed by atoms with E-state index in [-0.39, 0.29) is 18.3 Å². The molecule has 1 aromatic heterocycles. The van der Waals surface area contributed by atoms with Crippen molar-refractivity contribution in [1.82, 2.24) is 15.5 Å².